The van der Waals surface area contributed by atoms with Gasteiger partial charge in [-0.05, 0) is 6.07 Å². The lowest BCUT2D eigenvalue weighted by atomic mass is 10.3. The Morgan fingerprint density at radius 1 is 1.38 bits per heavy atom. The smallest absolute Gasteiger partial charge is 0.270 e. The zero-order valence-corrected chi connectivity index (χ0v) is 8.65. The molecule has 0 saturated heterocycles. The second kappa shape index (κ2) is 3.27. The fourth-order valence-corrected chi connectivity index (χ4v) is 2.75. The molecule has 1 aliphatic rings. The normalized spacial score (nSPS) is 17.4. The number of nitrogens with zero attached hydrogens (tertiary/aromatic N) is 1. The molecular formula is C8H6N2O5S. The number of nitro benzene ring substituents is 1. The number of hydrogen-bond acceptors (Lipinski definition) is 5. The van der Waals surface area contributed by atoms with Crippen molar-refractivity contribution in [2.75, 3.05) is 11.1 Å². The van der Waals surface area contributed by atoms with Crippen LogP contribution in [0, 0.1) is 10.1 Å². The average Bonchev–Trinajstić information content (AvgIpc) is 2.15. The molecule has 0 atom stereocenters. The number of anilines is 1. The number of amides is 1. The van der Waals surface area contributed by atoms with Gasteiger partial charge >= 0.3 is 0 Å². The molecular weight excluding hydrogens is 236 g/mol. The standard InChI is InChI=1S/C8H6N2O5S/c11-8-4-16(14,15)7-3-5(10(12)13)1-2-6(7)9-8/h1-3H,4H2,(H,9,11). The first-order valence-corrected chi connectivity index (χ1v) is 5.86. The van der Waals surface area contributed by atoms with Gasteiger partial charge < -0.3 is 5.32 Å². The zero-order chi connectivity index (χ0) is 11.9. The summed E-state index contributed by atoms with van der Waals surface area (Å²) in [5.74, 6) is -1.32. The molecule has 16 heavy (non-hydrogen) atoms. The van der Waals surface area contributed by atoms with Gasteiger partial charge in [-0.1, -0.05) is 0 Å². The van der Waals surface area contributed by atoms with E-state index in [-0.39, 0.29) is 16.3 Å². The van der Waals surface area contributed by atoms with Crippen LogP contribution in [0.4, 0.5) is 11.4 Å². The molecule has 1 amide bonds. The van der Waals surface area contributed by atoms with Gasteiger partial charge in [-0.25, -0.2) is 8.42 Å². The third-order valence-corrected chi connectivity index (χ3v) is 3.76. The molecule has 1 aromatic rings. The quantitative estimate of drug-likeness (QED) is 0.563. The highest BCUT2D eigenvalue weighted by molar-refractivity contribution is 7.92. The highest BCUT2D eigenvalue weighted by Gasteiger charge is 2.30. The van der Waals surface area contributed by atoms with Crippen LogP contribution in [0.15, 0.2) is 23.1 Å². The van der Waals surface area contributed by atoms with Gasteiger partial charge in [0.05, 0.1) is 15.5 Å². The Bertz CT molecular complexity index is 592. The van der Waals surface area contributed by atoms with E-state index >= 15 is 0 Å². The molecule has 0 aromatic heterocycles. The zero-order valence-electron chi connectivity index (χ0n) is 7.84. The van der Waals surface area contributed by atoms with Gasteiger partial charge in [0.2, 0.25) is 5.91 Å². The maximum absolute atomic E-state index is 11.6. The second-order valence-electron chi connectivity index (χ2n) is 3.24. The predicted octanol–water partition coefficient (Wildman–Crippen LogP) is 0.321. The van der Waals surface area contributed by atoms with Crippen LogP contribution in [0.25, 0.3) is 0 Å². The number of hydrogen-bond donors (Lipinski definition) is 1. The van der Waals surface area contributed by atoms with Crippen LogP contribution in [0.1, 0.15) is 0 Å². The number of fused-ring (bicyclic) bond motifs is 1. The Kier molecular flexibility index (Phi) is 2.16. The van der Waals surface area contributed by atoms with E-state index in [0.717, 1.165) is 12.1 Å². The third kappa shape index (κ3) is 1.63. The number of sulfone groups is 1. The van der Waals surface area contributed by atoms with E-state index in [0.29, 0.717) is 0 Å². The number of non-ortho nitro benzene ring substituents is 1. The van der Waals surface area contributed by atoms with E-state index in [9.17, 15) is 23.3 Å². The largest absolute Gasteiger partial charge is 0.324 e. The molecule has 7 nitrogen and oxygen atoms in total. The van der Waals surface area contributed by atoms with Crippen LogP contribution >= 0.6 is 0 Å². The number of carbonyl (C=O) groups is 1. The summed E-state index contributed by atoms with van der Waals surface area (Å²) in [6, 6.07) is 3.30. The first kappa shape index (κ1) is 10.6. The van der Waals surface area contributed by atoms with Crippen LogP contribution in [0.5, 0.6) is 0 Å². The number of benzene rings is 1. The Labute approximate surface area is 90.1 Å². The molecule has 0 fully saturated rings. The first-order chi connectivity index (χ1) is 7.40. The summed E-state index contributed by atoms with van der Waals surface area (Å²) in [4.78, 5) is 20.6. The SMILES string of the molecule is O=C1CS(=O)(=O)c2cc([N+](=O)[O-])ccc2N1. The highest BCUT2D eigenvalue weighted by Crippen LogP contribution is 2.29. The van der Waals surface area contributed by atoms with Crippen LogP contribution in [0.2, 0.25) is 0 Å². The molecule has 0 spiro atoms. The molecule has 8 heteroatoms. The van der Waals surface area contributed by atoms with Crippen LogP contribution in [-0.2, 0) is 14.6 Å². The van der Waals surface area contributed by atoms with Crippen LogP contribution in [0.3, 0.4) is 0 Å². The molecule has 84 valence electrons. The van der Waals surface area contributed by atoms with Gasteiger partial charge in [-0.15, -0.1) is 0 Å². The van der Waals surface area contributed by atoms with Crippen molar-refractivity contribution in [1.29, 1.82) is 0 Å². The number of carbonyl (C=O) groups excluding carboxylic acids is 1. The molecule has 1 N–H and O–H groups in total. The lowest BCUT2D eigenvalue weighted by molar-refractivity contribution is -0.385. The predicted molar refractivity (Wildman–Crippen MR) is 53.8 cm³/mol. The Balaban J connectivity index is 2.66. The lowest BCUT2D eigenvalue weighted by Gasteiger charge is -2.16. The van der Waals surface area contributed by atoms with Crippen molar-refractivity contribution in [3.8, 4) is 0 Å². The number of nitro groups is 1. The van der Waals surface area contributed by atoms with Crippen molar-refractivity contribution < 1.29 is 18.1 Å². The average molecular weight is 242 g/mol. The van der Waals surface area contributed by atoms with E-state index < -0.39 is 26.4 Å². The van der Waals surface area contributed by atoms with Gasteiger partial charge in [0.25, 0.3) is 5.69 Å². The third-order valence-electron chi connectivity index (χ3n) is 2.11. The second-order valence-corrected chi connectivity index (χ2v) is 5.20. The van der Waals surface area contributed by atoms with Gasteiger partial charge in [0, 0.05) is 12.1 Å². The van der Waals surface area contributed by atoms with E-state index in [1.807, 2.05) is 0 Å². The molecule has 0 aliphatic carbocycles. The van der Waals surface area contributed by atoms with E-state index in [1.54, 1.807) is 0 Å². The molecule has 0 unspecified atom stereocenters. The Morgan fingerprint density at radius 2 is 2.06 bits per heavy atom. The van der Waals surface area contributed by atoms with Crippen LogP contribution < -0.4 is 5.32 Å². The molecule has 1 aromatic carbocycles. The fraction of sp³-hybridized carbons (Fsp3) is 0.125. The minimum absolute atomic E-state index is 0.0850. The van der Waals surface area contributed by atoms with Gasteiger partial charge in [0.1, 0.15) is 5.75 Å². The molecule has 0 radical (unpaired) electrons. The summed E-state index contributed by atoms with van der Waals surface area (Å²) in [6.07, 6.45) is 0. The van der Waals surface area contributed by atoms with Gasteiger partial charge in [-0.3, -0.25) is 14.9 Å². The molecule has 1 heterocycles. The van der Waals surface area contributed by atoms with Crippen molar-refractivity contribution in [1.82, 2.24) is 0 Å². The maximum atomic E-state index is 11.6. The minimum Gasteiger partial charge on any atom is -0.324 e. The summed E-state index contributed by atoms with van der Waals surface area (Å²) in [5, 5.41) is 12.8. The Hall–Kier alpha value is -1.96. The fourth-order valence-electron chi connectivity index (χ4n) is 1.42. The summed E-state index contributed by atoms with van der Waals surface area (Å²) < 4.78 is 23.1. The molecule has 0 saturated carbocycles. The van der Waals surface area contributed by atoms with Crippen molar-refractivity contribution in [3.63, 3.8) is 0 Å². The summed E-state index contributed by atoms with van der Waals surface area (Å²) in [5.41, 5.74) is -0.236. The Morgan fingerprint density at radius 3 is 2.69 bits per heavy atom. The van der Waals surface area contributed by atoms with E-state index in [1.165, 1.54) is 6.07 Å². The molecule has 1 aliphatic heterocycles. The lowest BCUT2D eigenvalue weighted by Crippen LogP contribution is -2.29. The van der Waals surface area contributed by atoms with Gasteiger partial charge in [0.15, 0.2) is 9.84 Å². The van der Waals surface area contributed by atoms with Crippen molar-refractivity contribution in [2.45, 2.75) is 4.90 Å². The van der Waals surface area contributed by atoms with E-state index in [4.69, 9.17) is 0 Å². The number of nitrogens with one attached hydrogen (secondary N) is 1. The monoisotopic (exact) mass is 242 g/mol. The maximum Gasteiger partial charge on any atom is 0.270 e. The summed E-state index contributed by atoms with van der Waals surface area (Å²) in [6.45, 7) is 0. The molecule has 2 rings (SSSR count). The van der Waals surface area contributed by atoms with Crippen molar-refractivity contribution in [2.24, 2.45) is 0 Å². The topological polar surface area (TPSA) is 106 Å². The van der Waals surface area contributed by atoms with Crippen LogP contribution in [-0.4, -0.2) is 25.0 Å². The van der Waals surface area contributed by atoms with Gasteiger partial charge in [-0.2, -0.15) is 0 Å². The van der Waals surface area contributed by atoms with E-state index in [2.05, 4.69) is 5.32 Å². The summed E-state index contributed by atoms with van der Waals surface area (Å²) >= 11 is 0. The molecule has 0 bridgehead atoms. The summed E-state index contributed by atoms with van der Waals surface area (Å²) in [7, 11) is -3.76. The number of rotatable bonds is 1. The van der Waals surface area contributed by atoms with Crippen molar-refractivity contribution >= 4 is 27.1 Å². The minimum atomic E-state index is -3.76. The highest BCUT2D eigenvalue weighted by atomic mass is 32.2. The van der Waals surface area contributed by atoms with Crippen molar-refractivity contribution in [3.05, 3.63) is 28.3 Å². The first-order valence-electron chi connectivity index (χ1n) is 4.21.